The van der Waals surface area contributed by atoms with Gasteiger partial charge in [-0.05, 0) is 52.2 Å². The second kappa shape index (κ2) is 11.8. The van der Waals surface area contributed by atoms with Crippen LogP contribution in [0.2, 0.25) is 0 Å². The first-order chi connectivity index (χ1) is 14.7. The molecule has 1 heterocycles. The third-order valence-corrected chi connectivity index (χ3v) is 4.80. The van der Waals surface area contributed by atoms with Gasteiger partial charge in [-0.15, -0.1) is 9.24 Å². The Kier molecular flexibility index (Phi) is 9.38. The lowest BCUT2D eigenvalue weighted by Gasteiger charge is -2.11. The van der Waals surface area contributed by atoms with Crippen molar-refractivity contribution in [2.45, 2.75) is 58.7 Å². The fourth-order valence-corrected chi connectivity index (χ4v) is 2.83. The Morgan fingerprint density at radius 2 is 2.03 bits per heavy atom. The number of nitrogens with one attached hydrogen (secondary N) is 1. The van der Waals surface area contributed by atoms with E-state index in [9.17, 15) is 4.79 Å². The third-order valence-electron chi connectivity index (χ3n) is 4.55. The first-order valence-electron chi connectivity index (χ1n) is 10.5. The number of amides is 1. The quantitative estimate of drug-likeness (QED) is 0.174. The minimum absolute atomic E-state index is 0.0643. The Bertz CT molecular complexity index is 885. The molecular formula is C23H33N4O3P. The Morgan fingerprint density at radius 1 is 1.32 bits per heavy atom. The lowest BCUT2D eigenvalue weighted by atomic mass is 10.1. The minimum atomic E-state index is -0.291. The van der Waals surface area contributed by atoms with Crippen LogP contribution in [0.25, 0.3) is 11.4 Å². The van der Waals surface area contributed by atoms with Gasteiger partial charge in [0.15, 0.2) is 0 Å². The van der Waals surface area contributed by atoms with Crippen molar-refractivity contribution in [3.8, 4) is 11.4 Å². The van der Waals surface area contributed by atoms with Crippen LogP contribution in [0.4, 0.5) is 0 Å². The van der Waals surface area contributed by atoms with Crippen LogP contribution in [0, 0.1) is 5.92 Å². The number of hydrogen-bond donors (Lipinski definition) is 1. The summed E-state index contributed by atoms with van der Waals surface area (Å²) in [6, 6.07) is 7.07. The van der Waals surface area contributed by atoms with E-state index in [-0.39, 0.29) is 17.1 Å². The first kappa shape index (κ1) is 24.7. The summed E-state index contributed by atoms with van der Waals surface area (Å²) in [5.41, 5.74) is 1.36. The summed E-state index contributed by atoms with van der Waals surface area (Å²) in [5, 5.41) is 10.6. The van der Waals surface area contributed by atoms with Gasteiger partial charge in [0.2, 0.25) is 11.7 Å². The number of carbonyl (C=O) groups excluding carboxylic acids is 1. The monoisotopic (exact) mass is 444 g/mol. The summed E-state index contributed by atoms with van der Waals surface area (Å²) < 4.78 is 5.31. The third kappa shape index (κ3) is 8.25. The zero-order chi connectivity index (χ0) is 22.9. The molecule has 0 aliphatic rings. The standard InChI is InChI=1S/C23H33N4O3P/c1-6-7-16(2)13-15-29-24-14-12-17(3)25-21(28)19-10-8-18(9-11-19)20-26-22(30-27-20)23(4,5)31/h6-11,14,16-17H,12-13,15,31H2,1-5H3,(H,25,28)/b7-6?,24-14+. The predicted molar refractivity (Wildman–Crippen MR) is 127 cm³/mol. The Labute approximate surface area is 186 Å². The van der Waals surface area contributed by atoms with Gasteiger partial charge in [-0.2, -0.15) is 4.98 Å². The molecule has 2 rings (SSSR count). The average Bonchev–Trinajstić information content (AvgIpc) is 3.22. The highest BCUT2D eigenvalue weighted by molar-refractivity contribution is 7.18. The molecule has 1 aromatic carbocycles. The SMILES string of the molecule is CC=CC(C)CCO/N=C/CC(C)NC(=O)c1ccc(-c2noc(C(C)(C)P)n2)cc1. The van der Waals surface area contributed by atoms with Gasteiger partial charge in [-0.1, -0.05) is 41.5 Å². The Hall–Kier alpha value is -2.53. The topological polar surface area (TPSA) is 89.6 Å². The van der Waals surface area contributed by atoms with Crippen molar-refractivity contribution in [2.24, 2.45) is 11.1 Å². The second-order valence-electron chi connectivity index (χ2n) is 8.25. The van der Waals surface area contributed by atoms with Gasteiger partial charge in [0.05, 0.1) is 5.16 Å². The molecule has 0 aliphatic carbocycles. The molecule has 3 atom stereocenters. The lowest BCUT2D eigenvalue weighted by Crippen LogP contribution is -2.32. The van der Waals surface area contributed by atoms with Crippen molar-refractivity contribution in [3.63, 3.8) is 0 Å². The van der Waals surface area contributed by atoms with Gasteiger partial charge in [-0.25, -0.2) is 0 Å². The van der Waals surface area contributed by atoms with E-state index in [0.29, 0.717) is 36.2 Å². The summed E-state index contributed by atoms with van der Waals surface area (Å²) in [4.78, 5) is 22.2. The van der Waals surface area contributed by atoms with Crippen LogP contribution in [-0.2, 0) is 9.99 Å². The van der Waals surface area contributed by atoms with Gasteiger partial charge in [0, 0.05) is 29.8 Å². The summed E-state index contributed by atoms with van der Waals surface area (Å²) in [5.74, 6) is 1.38. The maximum atomic E-state index is 12.5. The molecule has 1 amide bonds. The van der Waals surface area contributed by atoms with Crippen LogP contribution >= 0.6 is 9.24 Å². The maximum Gasteiger partial charge on any atom is 0.251 e. The summed E-state index contributed by atoms with van der Waals surface area (Å²) in [7, 11) is 2.67. The molecule has 168 valence electrons. The summed E-state index contributed by atoms with van der Waals surface area (Å²) in [6.07, 6.45) is 7.38. The fourth-order valence-electron chi connectivity index (χ4n) is 2.71. The predicted octanol–water partition coefficient (Wildman–Crippen LogP) is 4.96. The molecule has 7 nitrogen and oxygen atoms in total. The van der Waals surface area contributed by atoms with Crippen LogP contribution in [0.3, 0.4) is 0 Å². The van der Waals surface area contributed by atoms with E-state index in [1.54, 1.807) is 18.3 Å². The van der Waals surface area contributed by atoms with Gasteiger partial charge >= 0.3 is 0 Å². The highest BCUT2D eigenvalue weighted by atomic mass is 31.0. The maximum absolute atomic E-state index is 12.5. The molecule has 0 radical (unpaired) electrons. The zero-order valence-corrected chi connectivity index (χ0v) is 20.1. The zero-order valence-electron chi connectivity index (χ0n) is 19.0. The van der Waals surface area contributed by atoms with Crippen molar-refractivity contribution in [3.05, 3.63) is 47.9 Å². The van der Waals surface area contributed by atoms with Gasteiger partial charge in [-0.3, -0.25) is 4.79 Å². The van der Waals surface area contributed by atoms with Crippen LogP contribution in [-0.4, -0.2) is 34.9 Å². The molecule has 3 unspecified atom stereocenters. The number of nitrogens with zero attached hydrogens (tertiary/aromatic N) is 3. The number of aromatic nitrogens is 2. The van der Waals surface area contributed by atoms with E-state index in [2.05, 4.69) is 42.9 Å². The van der Waals surface area contributed by atoms with Crippen molar-refractivity contribution in [2.75, 3.05) is 6.61 Å². The normalized spacial score (nSPS) is 14.1. The van der Waals surface area contributed by atoms with E-state index in [4.69, 9.17) is 9.36 Å². The molecule has 0 fully saturated rings. The summed E-state index contributed by atoms with van der Waals surface area (Å²) >= 11 is 0. The molecule has 2 aromatic rings. The Balaban J connectivity index is 1.80. The average molecular weight is 445 g/mol. The summed E-state index contributed by atoms with van der Waals surface area (Å²) in [6.45, 7) is 10.6. The molecule has 0 spiro atoms. The largest absolute Gasteiger partial charge is 0.396 e. The van der Waals surface area contributed by atoms with E-state index in [1.165, 1.54) is 0 Å². The molecule has 0 bridgehead atoms. The molecule has 1 N–H and O–H groups in total. The number of oxime groups is 1. The van der Waals surface area contributed by atoms with Crippen LogP contribution in [0.5, 0.6) is 0 Å². The Morgan fingerprint density at radius 3 is 2.65 bits per heavy atom. The molecule has 0 aliphatic heterocycles. The molecule has 1 aromatic heterocycles. The number of hydrogen-bond acceptors (Lipinski definition) is 6. The number of rotatable bonds is 11. The van der Waals surface area contributed by atoms with Crippen LogP contribution < -0.4 is 5.32 Å². The molecular weight excluding hydrogens is 411 g/mol. The molecule has 8 heteroatoms. The van der Waals surface area contributed by atoms with Crippen molar-refractivity contribution < 1.29 is 14.2 Å². The van der Waals surface area contributed by atoms with Crippen molar-refractivity contribution in [1.29, 1.82) is 0 Å². The number of benzene rings is 1. The van der Waals surface area contributed by atoms with E-state index in [1.807, 2.05) is 45.9 Å². The van der Waals surface area contributed by atoms with E-state index >= 15 is 0 Å². The molecule has 31 heavy (non-hydrogen) atoms. The number of allylic oxidation sites excluding steroid dienone is 2. The second-order valence-corrected chi connectivity index (χ2v) is 9.69. The van der Waals surface area contributed by atoms with E-state index < -0.39 is 0 Å². The van der Waals surface area contributed by atoms with E-state index in [0.717, 1.165) is 12.0 Å². The highest BCUT2D eigenvalue weighted by Gasteiger charge is 2.22. The van der Waals surface area contributed by atoms with Gasteiger partial charge in [0.25, 0.3) is 5.91 Å². The molecule has 0 saturated carbocycles. The first-order valence-corrected chi connectivity index (χ1v) is 11.1. The van der Waals surface area contributed by atoms with Crippen molar-refractivity contribution >= 4 is 21.4 Å². The minimum Gasteiger partial charge on any atom is -0.396 e. The van der Waals surface area contributed by atoms with Crippen LogP contribution in [0.15, 0.2) is 46.1 Å². The van der Waals surface area contributed by atoms with Crippen LogP contribution in [0.1, 0.15) is 63.7 Å². The fraction of sp³-hybridized carbons (Fsp3) is 0.478. The highest BCUT2D eigenvalue weighted by Crippen LogP contribution is 2.30. The van der Waals surface area contributed by atoms with Crippen molar-refractivity contribution in [1.82, 2.24) is 15.5 Å². The molecule has 0 saturated heterocycles. The number of carbonyl (C=O) groups is 1. The lowest BCUT2D eigenvalue weighted by molar-refractivity contribution is 0.0940. The smallest absolute Gasteiger partial charge is 0.251 e. The van der Waals surface area contributed by atoms with Gasteiger partial charge < -0.3 is 14.7 Å². The van der Waals surface area contributed by atoms with Gasteiger partial charge in [0.1, 0.15) is 6.61 Å².